The van der Waals surface area contributed by atoms with Crippen molar-refractivity contribution >= 4 is 12.0 Å². The number of benzene rings is 1. The van der Waals surface area contributed by atoms with Crippen molar-refractivity contribution in [2.24, 2.45) is 17.8 Å². The average Bonchev–Trinajstić information content (AvgIpc) is 2.82. The number of ether oxygens (including phenoxy) is 2. The van der Waals surface area contributed by atoms with Crippen molar-refractivity contribution < 1.29 is 28.7 Å². The van der Waals surface area contributed by atoms with Crippen LogP contribution in [0.3, 0.4) is 0 Å². The molecule has 2 N–H and O–H groups in total. The first-order chi connectivity index (χ1) is 16.2. The lowest BCUT2D eigenvalue weighted by atomic mass is 9.77. The fourth-order valence-electron chi connectivity index (χ4n) is 5.42. The third kappa shape index (κ3) is 5.46. The molecule has 9 heteroatoms. The number of nitrogens with zero attached hydrogens (tertiary/aromatic N) is 2. The molecule has 0 bridgehead atoms. The Labute approximate surface area is 200 Å². The van der Waals surface area contributed by atoms with Crippen LogP contribution in [0.5, 0.6) is 5.75 Å². The maximum atomic E-state index is 13.8. The molecule has 2 atom stereocenters. The number of likely N-dealkylation sites (tertiary alicyclic amines) is 2. The maximum absolute atomic E-state index is 13.8. The van der Waals surface area contributed by atoms with Crippen LogP contribution in [-0.2, 0) is 9.53 Å². The highest BCUT2D eigenvalue weighted by Crippen LogP contribution is 2.42. The number of hydrogen-bond acceptors (Lipinski definition) is 6. The number of rotatable bonds is 3. The van der Waals surface area contributed by atoms with Gasteiger partial charge in [-0.2, -0.15) is 5.48 Å². The quantitative estimate of drug-likeness (QED) is 0.645. The van der Waals surface area contributed by atoms with Gasteiger partial charge in [0.25, 0.3) is 0 Å². The van der Waals surface area contributed by atoms with Crippen LogP contribution in [0.15, 0.2) is 18.2 Å². The van der Waals surface area contributed by atoms with Gasteiger partial charge < -0.3 is 24.5 Å². The van der Waals surface area contributed by atoms with Gasteiger partial charge in [0.05, 0.1) is 12.6 Å². The molecule has 4 rings (SSSR count). The lowest BCUT2D eigenvalue weighted by Crippen LogP contribution is -2.49. The molecule has 0 aliphatic carbocycles. The molecule has 0 spiro atoms. The van der Waals surface area contributed by atoms with Crippen molar-refractivity contribution in [3.05, 3.63) is 29.6 Å². The molecule has 3 aliphatic heterocycles. The SMILES string of the molecule is CC(C)(C)OC(=O)N1CCC(C(=O)N2CCC(C3COc4ccc(F)cc4C3NO)CC2)CC1. The first-order valence-corrected chi connectivity index (χ1v) is 12.2. The van der Waals surface area contributed by atoms with Crippen LogP contribution in [-0.4, -0.2) is 65.4 Å². The Bertz CT molecular complexity index is 889. The van der Waals surface area contributed by atoms with Gasteiger partial charge in [0, 0.05) is 43.6 Å². The van der Waals surface area contributed by atoms with Gasteiger partial charge in [0.2, 0.25) is 5.91 Å². The predicted octanol–water partition coefficient (Wildman–Crippen LogP) is 3.74. The molecule has 1 aromatic rings. The largest absolute Gasteiger partial charge is 0.493 e. The summed E-state index contributed by atoms with van der Waals surface area (Å²) >= 11 is 0. The van der Waals surface area contributed by atoms with E-state index in [0.29, 0.717) is 56.9 Å². The first-order valence-electron chi connectivity index (χ1n) is 12.2. The Hall–Kier alpha value is -2.39. The average molecular weight is 478 g/mol. The van der Waals surface area contributed by atoms with Crippen molar-refractivity contribution in [3.63, 3.8) is 0 Å². The van der Waals surface area contributed by atoms with Gasteiger partial charge in [-0.25, -0.2) is 9.18 Å². The molecular weight excluding hydrogens is 441 g/mol. The van der Waals surface area contributed by atoms with E-state index in [1.807, 2.05) is 25.7 Å². The minimum atomic E-state index is -0.530. The highest BCUT2D eigenvalue weighted by Gasteiger charge is 2.39. The van der Waals surface area contributed by atoms with Gasteiger partial charge in [-0.1, -0.05) is 0 Å². The molecule has 3 aliphatic rings. The number of hydroxylamine groups is 1. The van der Waals surface area contributed by atoms with Crippen LogP contribution < -0.4 is 10.2 Å². The molecule has 0 saturated carbocycles. The lowest BCUT2D eigenvalue weighted by Gasteiger charge is -2.42. The molecule has 8 nitrogen and oxygen atoms in total. The summed E-state index contributed by atoms with van der Waals surface area (Å²) in [5, 5.41) is 9.83. The van der Waals surface area contributed by atoms with Gasteiger partial charge in [-0.05, 0) is 70.6 Å². The number of carbonyl (C=O) groups excluding carboxylic acids is 2. The second-order valence-electron chi connectivity index (χ2n) is 10.7. The molecule has 0 radical (unpaired) electrons. The van der Waals surface area contributed by atoms with Crippen LogP contribution in [0.1, 0.15) is 58.1 Å². The summed E-state index contributed by atoms with van der Waals surface area (Å²) in [6.07, 6.45) is 2.58. The molecular formula is C25H36FN3O5. The van der Waals surface area contributed by atoms with Crippen molar-refractivity contribution in [1.29, 1.82) is 0 Å². The van der Waals surface area contributed by atoms with E-state index in [4.69, 9.17) is 9.47 Å². The minimum absolute atomic E-state index is 0.00591. The van der Waals surface area contributed by atoms with E-state index in [-0.39, 0.29) is 35.6 Å². The van der Waals surface area contributed by atoms with Gasteiger partial charge >= 0.3 is 6.09 Å². The lowest BCUT2D eigenvalue weighted by molar-refractivity contribution is -0.139. The number of nitrogens with one attached hydrogen (secondary N) is 1. The summed E-state index contributed by atoms with van der Waals surface area (Å²) in [6, 6.07) is 3.97. The third-order valence-corrected chi connectivity index (χ3v) is 7.26. The third-order valence-electron chi connectivity index (χ3n) is 7.26. The van der Waals surface area contributed by atoms with Crippen LogP contribution in [0.25, 0.3) is 0 Å². The van der Waals surface area contributed by atoms with E-state index in [1.165, 1.54) is 12.1 Å². The van der Waals surface area contributed by atoms with Crippen molar-refractivity contribution in [1.82, 2.24) is 15.3 Å². The van der Waals surface area contributed by atoms with Gasteiger partial charge in [-0.15, -0.1) is 0 Å². The summed E-state index contributed by atoms with van der Waals surface area (Å²) in [7, 11) is 0. The standard InChI is InChI=1S/C25H36FN3O5/c1-25(2,3)34-24(31)29-12-8-17(9-13-29)23(30)28-10-6-16(7-11-28)20-15-33-21-5-4-18(26)14-19(21)22(20)27-32/h4-5,14,16-17,20,22,27,32H,6-13,15H2,1-3H3. The Morgan fingerprint density at radius 2 is 1.74 bits per heavy atom. The molecule has 34 heavy (non-hydrogen) atoms. The molecule has 1 aromatic carbocycles. The molecule has 2 unspecified atom stereocenters. The highest BCUT2D eigenvalue weighted by molar-refractivity contribution is 5.79. The number of amides is 2. The zero-order chi connectivity index (χ0) is 24.5. The number of piperidine rings is 2. The zero-order valence-corrected chi connectivity index (χ0v) is 20.3. The number of fused-ring (bicyclic) bond motifs is 1. The van der Waals surface area contributed by atoms with E-state index >= 15 is 0 Å². The predicted molar refractivity (Wildman–Crippen MR) is 123 cm³/mol. The van der Waals surface area contributed by atoms with Crippen LogP contribution in [0.4, 0.5) is 9.18 Å². The summed E-state index contributed by atoms with van der Waals surface area (Å²) in [5.74, 6) is 0.560. The Morgan fingerprint density at radius 3 is 2.35 bits per heavy atom. The normalized spacial score (nSPS) is 24.4. The van der Waals surface area contributed by atoms with Crippen molar-refractivity contribution in [2.45, 2.75) is 58.1 Å². The summed E-state index contributed by atoms with van der Waals surface area (Å²) in [4.78, 5) is 29.0. The monoisotopic (exact) mass is 477 g/mol. The van der Waals surface area contributed by atoms with Crippen molar-refractivity contribution in [2.75, 3.05) is 32.8 Å². The van der Waals surface area contributed by atoms with E-state index in [0.717, 1.165) is 12.8 Å². The fraction of sp³-hybridized carbons (Fsp3) is 0.680. The molecule has 0 aromatic heterocycles. The molecule has 2 fully saturated rings. The van der Waals surface area contributed by atoms with Gasteiger partial charge in [-0.3, -0.25) is 4.79 Å². The van der Waals surface area contributed by atoms with Gasteiger partial charge in [0.15, 0.2) is 0 Å². The smallest absolute Gasteiger partial charge is 0.410 e. The summed E-state index contributed by atoms with van der Waals surface area (Å²) in [5.41, 5.74) is 2.48. The molecule has 188 valence electrons. The molecule has 3 heterocycles. The summed E-state index contributed by atoms with van der Waals surface area (Å²) in [6.45, 7) is 8.35. The van der Waals surface area contributed by atoms with Crippen LogP contribution >= 0.6 is 0 Å². The number of hydrogen-bond donors (Lipinski definition) is 2. The van der Waals surface area contributed by atoms with E-state index < -0.39 is 11.6 Å². The number of halogens is 1. The molecule has 2 saturated heterocycles. The minimum Gasteiger partial charge on any atom is -0.493 e. The topological polar surface area (TPSA) is 91.3 Å². The van der Waals surface area contributed by atoms with Gasteiger partial charge in [0.1, 0.15) is 17.2 Å². The Balaban J connectivity index is 1.29. The maximum Gasteiger partial charge on any atom is 0.410 e. The zero-order valence-electron chi connectivity index (χ0n) is 20.3. The van der Waals surface area contributed by atoms with Crippen LogP contribution in [0.2, 0.25) is 0 Å². The second kappa shape index (κ2) is 10.1. The fourth-order valence-corrected chi connectivity index (χ4v) is 5.42. The molecule has 2 amide bonds. The Kier molecular flexibility index (Phi) is 7.33. The highest BCUT2D eigenvalue weighted by atomic mass is 19.1. The first kappa shape index (κ1) is 24.7. The van der Waals surface area contributed by atoms with Crippen LogP contribution in [0, 0.1) is 23.6 Å². The van der Waals surface area contributed by atoms with E-state index in [9.17, 15) is 19.2 Å². The number of carbonyl (C=O) groups is 2. The Morgan fingerprint density at radius 1 is 1.09 bits per heavy atom. The van der Waals surface area contributed by atoms with E-state index in [2.05, 4.69) is 5.48 Å². The second-order valence-corrected chi connectivity index (χ2v) is 10.7. The van der Waals surface area contributed by atoms with Crippen molar-refractivity contribution in [3.8, 4) is 5.75 Å². The summed E-state index contributed by atoms with van der Waals surface area (Å²) < 4.78 is 25.1. The van der Waals surface area contributed by atoms with E-state index in [1.54, 1.807) is 11.0 Å².